The highest BCUT2D eigenvalue weighted by Gasteiger charge is 1.99. The second-order valence-corrected chi connectivity index (χ2v) is 3.01. The first-order valence-corrected chi connectivity index (χ1v) is 4.57. The Morgan fingerprint density at radius 1 is 1.50 bits per heavy atom. The molecule has 0 aliphatic heterocycles. The van der Waals surface area contributed by atoms with Crippen LogP contribution in [0.5, 0.6) is 0 Å². The van der Waals surface area contributed by atoms with Crippen LogP contribution in [0.3, 0.4) is 0 Å². The Bertz CT molecular complexity index is 342. The molecule has 74 valence electrons. The second kappa shape index (κ2) is 5.17. The zero-order chi connectivity index (χ0) is 10.4. The molecule has 0 spiro atoms. The zero-order valence-electron chi connectivity index (χ0n) is 8.44. The molecule has 1 heterocycles. The smallest absolute Gasteiger partial charge is 0.0822 e. The molecular weight excluding hydrogens is 176 g/mol. The molecule has 0 unspecified atom stereocenters. The number of hydrogen-bond donors (Lipinski definition) is 1. The summed E-state index contributed by atoms with van der Waals surface area (Å²) in [6.45, 7) is 3.89. The van der Waals surface area contributed by atoms with Crippen LogP contribution in [-0.4, -0.2) is 15.9 Å². The fraction of sp³-hybridized carbons (Fsp3) is 0.273. The fourth-order valence-electron chi connectivity index (χ4n) is 1.22. The molecule has 14 heavy (non-hydrogen) atoms. The molecule has 0 amide bonds. The van der Waals surface area contributed by atoms with Crippen LogP contribution in [0.1, 0.15) is 25.8 Å². The maximum atomic E-state index is 8.71. The van der Waals surface area contributed by atoms with Gasteiger partial charge in [0.2, 0.25) is 0 Å². The van der Waals surface area contributed by atoms with E-state index in [2.05, 4.69) is 10.1 Å². The van der Waals surface area contributed by atoms with Crippen molar-refractivity contribution in [2.45, 2.75) is 20.3 Å². The lowest BCUT2D eigenvalue weighted by molar-refractivity contribution is 0.318. The SMILES string of the molecule is CCC(=NO)/C(C)=C/c1ccncc1. The standard InChI is InChI=1S/C11H14N2O/c1-3-11(13-14)9(2)8-10-4-6-12-7-5-10/h4-8,14H,3H2,1-2H3/b9-8+,13-11?. The first-order chi connectivity index (χ1) is 6.77. The molecule has 0 atom stereocenters. The number of nitrogens with zero attached hydrogens (tertiary/aromatic N) is 2. The molecule has 1 rings (SSSR count). The lowest BCUT2D eigenvalue weighted by Crippen LogP contribution is -1.97. The van der Waals surface area contributed by atoms with Crippen molar-refractivity contribution in [3.63, 3.8) is 0 Å². The predicted molar refractivity (Wildman–Crippen MR) is 57.4 cm³/mol. The molecule has 0 fully saturated rings. The first kappa shape index (κ1) is 10.4. The summed E-state index contributed by atoms with van der Waals surface area (Å²) < 4.78 is 0. The average molecular weight is 190 g/mol. The number of rotatable bonds is 3. The van der Waals surface area contributed by atoms with Gasteiger partial charge in [0, 0.05) is 12.4 Å². The summed E-state index contributed by atoms with van der Waals surface area (Å²) in [5.41, 5.74) is 2.75. The molecule has 0 saturated heterocycles. The Morgan fingerprint density at radius 3 is 2.64 bits per heavy atom. The summed E-state index contributed by atoms with van der Waals surface area (Å²) in [5.74, 6) is 0. The lowest BCUT2D eigenvalue weighted by Gasteiger charge is -2.00. The third kappa shape index (κ3) is 2.69. The molecule has 1 N–H and O–H groups in total. The van der Waals surface area contributed by atoms with Crippen LogP contribution < -0.4 is 0 Å². The third-order valence-electron chi connectivity index (χ3n) is 2.00. The highest BCUT2D eigenvalue weighted by atomic mass is 16.4. The number of hydrogen-bond acceptors (Lipinski definition) is 3. The monoisotopic (exact) mass is 190 g/mol. The van der Waals surface area contributed by atoms with Crippen molar-refractivity contribution in [1.82, 2.24) is 4.98 Å². The van der Waals surface area contributed by atoms with E-state index in [9.17, 15) is 0 Å². The number of aromatic nitrogens is 1. The minimum Gasteiger partial charge on any atom is -0.411 e. The Morgan fingerprint density at radius 2 is 2.14 bits per heavy atom. The van der Waals surface area contributed by atoms with Gasteiger partial charge in [0.1, 0.15) is 0 Å². The van der Waals surface area contributed by atoms with Gasteiger partial charge in [0.15, 0.2) is 0 Å². The van der Waals surface area contributed by atoms with Gasteiger partial charge in [-0.15, -0.1) is 0 Å². The van der Waals surface area contributed by atoms with Gasteiger partial charge in [0.05, 0.1) is 5.71 Å². The first-order valence-electron chi connectivity index (χ1n) is 4.57. The molecule has 0 bridgehead atoms. The van der Waals surface area contributed by atoms with Crippen LogP contribution in [0.25, 0.3) is 6.08 Å². The van der Waals surface area contributed by atoms with Gasteiger partial charge in [0.25, 0.3) is 0 Å². The van der Waals surface area contributed by atoms with E-state index in [1.54, 1.807) is 12.4 Å². The highest BCUT2D eigenvalue weighted by Crippen LogP contribution is 2.08. The van der Waals surface area contributed by atoms with E-state index in [1.165, 1.54) is 0 Å². The van der Waals surface area contributed by atoms with Crippen LogP contribution in [0.2, 0.25) is 0 Å². The van der Waals surface area contributed by atoms with Crippen molar-refractivity contribution < 1.29 is 5.21 Å². The minimum absolute atomic E-state index is 0.710. The Kier molecular flexibility index (Phi) is 3.85. The normalized spacial score (nSPS) is 13.0. The quantitative estimate of drug-likeness (QED) is 0.452. The largest absolute Gasteiger partial charge is 0.411 e. The summed E-state index contributed by atoms with van der Waals surface area (Å²) in [4.78, 5) is 3.93. The number of allylic oxidation sites excluding steroid dienone is 1. The third-order valence-corrected chi connectivity index (χ3v) is 2.00. The van der Waals surface area contributed by atoms with Gasteiger partial charge < -0.3 is 5.21 Å². The fourth-order valence-corrected chi connectivity index (χ4v) is 1.22. The minimum atomic E-state index is 0.710. The summed E-state index contributed by atoms with van der Waals surface area (Å²) in [6, 6.07) is 3.82. The molecular formula is C11H14N2O. The maximum absolute atomic E-state index is 8.71. The number of oxime groups is 1. The van der Waals surface area contributed by atoms with Gasteiger partial charge >= 0.3 is 0 Å². The zero-order valence-corrected chi connectivity index (χ0v) is 8.44. The van der Waals surface area contributed by atoms with E-state index in [4.69, 9.17) is 5.21 Å². The molecule has 0 saturated carbocycles. The van der Waals surface area contributed by atoms with Gasteiger partial charge in [-0.3, -0.25) is 4.98 Å². The molecule has 1 aromatic heterocycles. The van der Waals surface area contributed by atoms with Gasteiger partial charge in [-0.2, -0.15) is 0 Å². The van der Waals surface area contributed by atoms with E-state index in [1.807, 2.05) is 32.1 Å². The molecule has 0 aromatic carbocycles. The summed E-state index contributed by atoms with van der Waals surface area (Å²) in [6.07, 6.45) is 6.17. The van der Waals surface area contributed by atoms with Crippen molar-refractivity contribution in [3.05, 3.63) is 35.7 Å². The highest BCUT2D eigenvalue weighted by molar-refractivity contribution is 6.02. The van der Waals surface area contributed by atoms with Gasteiger partial charge in [-0.1, -0.05) is 12.1 Å². The van der Waals surface area contributed by atoms with Crippen LogP contribution in [0.15, 0.2) is 35.3 Å². The second-order valence-electron chi connectivity index (χ2n) is 3.01. The Balaban J connectivity index is 2.89. The summed E-state index contributed by atoms with van der Waals surface area (Å²) in [5, 5.41) is 11.9. The molecule has 3 heteroatoms. The van der Waals surface area contributed by atoms with E-state index < -0.39 is 0 Å². The molecule has 1 aromatic rings. The van der Waals surface area contributed by atoms with Crippen molar-refractivity contribution in [2.24, 2.45) is 5.16 Å². The summed E-state index contributed by atoms with van der Waals surface area (Å²) >= 11 is 0. The van der Waals surface area contributed by atoms with Crippen molar-refractivity contribution in [1.29, 1.82) is 0 Å². The predicted octanol–water partition coefficient (Wildman–Crippen LogP) is 2.73. The Hall–Kier alpha value is -1.64. The van der Waals surface area contributed by atoms with Crippen molar-refractivity contribution in [3.8, 4) is 0 Å². The average Bonchev–Trinajstić information content (AvgIpc) is 2.21. The van der Waals surface area contributed by atoms with E-state index >= 15 is 0 Å². The maximum Gasteiger partial charge on any atom is 0.0822 e. The van der Waals surface area contributed by atoms with Gasteiger partial charge in [-0.05, 0) is 42.7 Å². The molecule has 0 aliphatic rings. The van der Waals surface area contributed by atoms with E-state index in [0.29, 0.717) is 5.71 Å². The topological polar surface area (TPSA) is 45.5 Å². The molecule has 0 radical (unpaired) electrons. The lowest BCUT2D eigenvalue weighted by atomic mass is 10.1. The van der Waals surface area contributed by atoms with Crippen LogP contribution >= 0.6 is 0 Å². The number of pyridine rings is 1. The van der Waals surface area contributed by atoms with Crippen LogP contribution in [-0.2, 0) is 0 Å². The molecule has 0 aliphatic carbocycles. The van der Waals surface area contributed by atoms with E-state index in [-0.39, 0.29) is 0 Å². The Labute approximate surface area is 83.8 Å². The van der Waals surface area contributed by atoms with Crippen LogP contribution in [0.4, 0.5) is 0 Å². The van der Waals surface area contributed by atoms with Crippen molar-refractivity contribution in [2.75, 3.05) is 0 Å². The van der Waals surface area contributed by atoms with Gasteiger partial charge in [-0.25, -0.2) is 0 Å². The molecule has 3 nitrogen and oxygen atoms in total. The van der Waals surface area contributed by atoms with Crippen LogP contribution in [0, 0.1) is 0 Å². The van der Waals surface area contributed by atoms with Crippen molar-refractivity contribution >= 4 is 11.8 Å². The van der Waals surface area contributed by atoms with E-state index in [0.717, 1.165) is 17.6 Å². The summed E-state index contributed by atoms with van der Waals surface area (Å²) in [7, 11) is 0.